The van der Waals surface area contributed by atoms with Crippen LogP contribution in [0.3, 0.4) is 0 Å². The molecule has 0 unspecified atom stereocenters. The molecule has 0 aromatic heterocycles. The first kappa shape index (κ1) is 19.0. The van der Waals surface area contributed by atoms with Gasteiger partial charge < -0.3 is 5.32 Å². The molecule has 4 heteroatoms. The highest BCUT2D eigenvalue weighted by molar-refractivity contribution is 9.10. The third-order valence-electron chi connectivity index (χ3n) is 4.22. The molecule has 0 saturated carbocycles. The van der Waals surface area contributed by atoms with Crippen molar-refractivity contribution >= 4 is 50.1 Å². The Hall–Kier alpha value is -1.78. The van der Waals surface area contributed by atoms with Gasteiger partial charge in [0.1, 0.15) is 0 Å². The summed E-state index contributed by atoms with van der Waals surface area (Å²) in [6.07, 6.45) is 0. The average molecular weight is 428 g/mol. The third-order valence-corrected chi connectivity index (χ3v) is 6.40. The van der Waals surface area contributed by atoms with E-state index in [0.29, 0.717) is 5.75 Å². The minimum atomic E-state index is -0.00133. The van der Waals surface area contributed by atoms with Crippen LogP contribution in [0.5, 0.6) is 0 Å². The van der Waals surface area contributed by atoms with Gasteiger partial charge in [0.25, 0.3) is 0 Å². The zero-order chi connectivity index (χ0) is 18.7. The van der Waals surface area contributed by atoms with Crippen molar-refractivity contribution in [2.24, 2.45) is 0 Å². The standard InChI is InChI=1S/C22H22BrNOS/c1-22(2,3)16-9-11-17(12-10-16)24-20(25)14-26-19-13-8-15-6-4-5-7-18(15)21(19)23/h4-13H,14H2,1-3H3,(H,24,25). The van der Waals surface area contributed by atoms with Crippen LogP contribution in [0.2, 0.25) is 0 Å². The maximum atomic E-state index is 12.3. The molecule has 0 radical (unpaired) electrons. The van der Waals surface area contributed by atoms with Crippen LogP contribution in [0.1, 0.15) is 26.3 Å². The normalized spacial score (nSPS) is 11.5. The van der Waals surface area contributed by atoms with Crippen LogP contribution in [0.25, 0.3) is 10.8 Å². The smallest absolute Gasteiger partial charge is 0.234 e. The summed E-state index contributed by atoms with van der Waals surface area (Å²) in [4.78, 5) is 13.4. The molecule has 0 aliphatic heterocycles. The first-order chi connectivity index (χ1) is 12.3. The van der Waals surface area contributed by atoms with Gasteiger partial charge in [0, 0.05) is 15.1 Å². The lowest BCUT2D eigenvalue weighted by molar-refractivity contribution is -0.113. The molecule has 3 aromatic rings. The maximum absolute atomic E-state index is 12.3. The number of hydrogen-bond acceptors (Lipinski definition) is 2. The number of hydrogen-bond donors (Lipinski definition) is 1. The second-order valence-electron chi connectivity index (χ2n) is 7.26. The van der Waals surface area contributed by atoms with Crippen LogP contribution in [0, 0.1) is 0 Å². The van der Waals surface area contributed by atoms with Crippen molar-refractivity contribution in [3.8, 4) is 0 Å². The molecule has 134 valence electrons. The SMILES string of the molecule is CC(C)(C)c1ccc(NC(=O)CSc2ccc3ccccc3c2Br)cc1. The van der Waals surface area contributed by atoms with Gasteiger partial charge >= 0.3 is 0 Å². The summed E-state index contributed by atoms with van der Waals surface area (Å²) in [6.45, 7) is 6.54. The monoisotopic (exact) mass is 427 g/mol. The number of carbonyl (C=O) groups is 1. The summed E-state index contributed by atoms with van der Waals surface area (Å²) in [5.74, 6) is 0.372. The molecule has 26 heavy (non-hydrogen) atoms. The van der Waals surface area contributed by atoms with E-state index >= 15 is 0 Å². The number of anilines is 1. The molecule has 0 aliphatic rings. The van der Waals surface area contributed by atoms with Crippen molar-refractivity contribution < 1.29 is 4.79 Å². The van der Waals surface area contributed by atoms with Gasteiger partial charge in [-0.05, 0) is 55.9 Å². The number of rotatable bonds is 4. The zero-order valence-corrected chi connectivity index (χ0v) is 17.6. The summed E-state index contributed by atoms with van der Waals surface area (Å²) in [7, 11) is 0. The predicted molar refractivity (Wildman–Crippen MR) is 116 cm³/mol. The summed E-state index contributed by atoms with van der Waals surface area (Å²) in [5, 5.41) is 5.32. The van der Waals surface area contributed by atoms with Crippen LogP contribution >= 0.6 is 27.7 Å². The van der Waals surface area contributed by atoms with E-state index in [-0.39, 0.29) is 11.3 Å². The summed E-state index contributed by atoms with van der Waals surface area (Å²) in [6, 6.07) is 20.4. The predicted octanol–water partition coefficient (Wildman–Crippen LogP) is 6.63. The molecule has 1 amide bonds. The van der Waals surface area contributed by atoms with Gasteiger partial charge in [0.2, 0.25) is 5.91 Å². The number of nitrogens with one attached hydrogen (secondary N) is 1. The molecule has 0 bridgehead atoms. The lowest BCUT2D eigenvalue weighted by Gasteiger charge is -2.19. The molecule has 0 spiro atoms. The quantitative estimate of drug-likeness (QED) is 0.473. The van der Waals surface area contributed by atoms with E-state index in [1.165, 1.54) is 22.7 Å². The van der Waals surface area contributed by atoms with E-state index in [4.69, 9.17) is 0 Å². The summed E-state index contributed by atoms with van der Waals surface area (Å²) >= 11 is 5.21. The van der Waals surface area contributed by atoms with E-state index in [0.717, 1.165) is 20.4 Å². The summed E-state index contributed by atoms with van der Waals surface area (Å²) < 4.78 is 1.04. The highest BCUT2D eigenvalue weighted by Gasteiger charge is 2.13. The Kier molecular flexibility index (Phi) is 5.73. The lowest BCUT2D eigenvalue weighted by Crippen LogP contribution is -2.15. The Morgan fingerprint density at radius 1 is 1.00 bits per heavy atom. The van der Waals surface area contributed by atoms with E-state index in [9.17, 15) is 4.79 Å². The molecule has 0 saturated heterocycles. The first-order valence-corrected chi connectivity index (χ1v) is 10.3. The topological polar surface area (TPSA) is 29.1 Å². The molecular formula is C22H22BrNOS. The molecule has 0 fully saturated rings. The van der Waals surface area contributed by atoms with Crippen molar-refractivity contribution in [1.82, 2.24) is 0 Å². The van der Waals surface area contributed by atoms with E-state index in [1.807, 2.05) is 24.3 Å². The van der Waals surface area contributed by atoms with Gasteiger partial charge in [-0.25, -0.2) is 0 Å². The Labute approximate surface area is 167 Å². The molecule has 0 heterocycles. The highest BCUT2D eigenvalue weighted by atomic mass is 79.9. The third kappa shape index (κ3) is 4.49. The largest absolute Gasteiger partial charge is 0.325 e. The average Bonchev–Trinajstić information content (AvgIpc) is 2.61. The van der Waals surface area contributed by atoms with Crippen molar-refractivity contribution in [2.75, 3.05) is 11.1 Å². The van der Waals surface area contributed by atoms with Crippen molar-refractivity contribution in [1.29, 1.82) is 0 Å². The number of amides is 1. The Balaban J connectivity index is 1.63. The van der Waals surface area contributed by atoms with Gasteiger partial charge in [-0.2, -0.15) is 0 Å². The molecule has 3 rings (SSSR count). The molecule has 0 atom stereocenters. The number of fused-ring (bicyclic) bond motifs is 1. The van der Waals surface area contributed by atoms with Gasteiger partial charge in [-0.3, -0.25) is 4.79 Å². The fourth-order valence-electron chi connectivity index (χ4n) is 2.72. The molecule has 3 aromatic carbocycles. The number of carbonyl (C=O) groups excluding carboxylic acids is 1. The van der Waals surface area contributed by atoms with Gasteiger partial charge in [-0.15, -0.1) is 11.8 Å². The van der Waals surface area contributed by atoms with E-state index < -0.39 is 0 Å². The minimum Gasteiger partial charge on any atom is -0.325 e. The van der Waals surface area contributed by atoms with Crippen LogP contribution in [-0.4, -0.2) is 11.7 Å². The number of benzene rings is 3. The van der Waals surface area contributed by atoms with Gasteiger partial charge in [0.05, 0.1) is 5.75 Å². The fraction of sp³-hybridized carbons (Fsp3) is 0.227. The lowest BCUT2D eigenvalue weighted by atomic mass is 9.87. The van der Waals surface area contributed by atoms with E-state index in [2.05, 4.69) is 78.4 Å². The fourth-order valence-corrected chi connectivity index (χ4v) is 4.32. The van der Waals surface area contributed by atoms with Crippen LogP contribution in [0.4, 0.5) is 5.69 Å². The Morgan fingerprint density at radius 2 is 1.69 bits per heavy atom. The van der Waals surface area contributed by atoms with Gasteiger partial charge in [0.15, 0.2) is 0 Å². The molecular weight excluding hydrogens is 406 g/mol. The number of halogens is 1. The second kappa shape index (κ2) is 7.85. The summed E-state index contributed by atoms with van der Waals surface area (Å²) in [5.41, 5.74) is 2.20. The number of thioether (sulfide) groups is 1. The van der Waals surface area contributed by atoms with Gasteiger partial charge in [-0.1, -0.05) is 63.2 Å². The van der Waals surface area contributed by atoms with Crippen LogP contribution in [0.15, 0.2) is 70.0 Å². The van der Waals surface area contributed by atoms with E-state index in [1.54, 1.807) is 0 Å². The Bertz CT molecular complexity index is 929. The Morgan fingerprint density at radius 3 is 2.38 bits per heavy atom. The molecule has 0 aliphatic carbocycles. The maximum Gasteiger partial charge on any atom is 0.234 e. The molecule has 2 nitrogen and oxygen atoms in total. The van der Waals surface area contributed by atoms with Crippen molar-refractivity contribution in [3.05, 3.63) is 70.7 Å². The highest BCUT2D eigenvalue weighted by Crippen LogP contribution is 2.34. The van der Waals surface area contributed by atoms with Crippen molar-refractivity contribution in [2.45, 2.75) is 31.1 Å². The zero-order valence-electron chi connectivity index (χ0n) is 15.2. The van der Waals surface area contributed by atoms with Crippen LogP contribution < -0.4 is 5.32 Å². The minimum absolute atomic E-state index is 0.00133. The molecule has 1 N–H and O–H groups in total. The second-order valence-corrected chi connectivity index (χ2v) is 9.07. The first-order valence-electron chi connectivity index (χ1n) is 8.55. The van der Waals surface area contributed by atoms with Crippen LogP contribution in [-0.2, 0) is 10.2 Å². The van der Waals surface area contributed by atoms with Crippen molar-refractivity contribution in [3.63, 3.8) is 0 Å².